The monoisotopic (exact) mass is 241 g/mol. The topological polar surface area (TPSA) is 23.1 Å². The molecule has 0 aliphatic heterocycles. The van der Waals surface area contributed by atoms with Gasteiger partial charge in [0, 0.05) is 0 Å². The number of rotatable bonds is 0. The number of hydrogen-bond donors (Lipinski definition) is 0. The van der Waals surface area contributed by atoms with Crippen LogP contribution in [0.2, 0.25) is 0 Å². The fraction of sp³-hybridized carbons (Fsp3) is 0. The average molecular weight is 241 g/mol. The van der Waals surface area contributed by atoms with Gasteiger partial charge < -0.3 is 12.5 Å². The number of para-hydroxylation sites is 1. The smallest absolute Gasteiger partial charge is 0.872 e. The van der Waals surface area contributed by atoms with E-state index in [1.54, 1.807) is 12.1 Å². The molecule has 0 fully saturated rings. The fourth-order valence-electron chi connectivity index (χ4n) is 0.420. The van der Waals surface area contributed by atoms with E-state index in [-0.39, 0.29) is 82.1 Å². The summed E-state index contributed by atoms with van der Waals surface area (Å²) >= 11 is 0. The first kappa shape index (κ1) is 12.7. The second kappa shape index (κ2) is 7.18. The summed E-state index contributed by atoms with van der Waals surface area (Å²) < 4.78 is 0. The van der Waals surface area contributed by atoms with Gasteiger partial charge in [-0.05, 0) is 0 Å². The quantitative estimate of drug-likeness (QED) is 0.492. The summed E-state index contributed by atoms with van der Waals surface area (Å²) in [6, 6.07) is 8.33. The van der Waals surface area contributed by atoms with Gasteiger partial charge in [0.25, 0.3) is 0 Å². The van der Waals surface area contributed by atoms with Crippen molar-refractivity contribution in [1.29, 1.82) is 0 Å². The van der Waals surface area contributed by atoms with Gasteiger partial charge in [-0.15, -0.1) is 5.75 Å². The Labute approximate surface area is 115 Å². The SMILES string of the molecule is [CH3-].[Cs+].[O-]c1ccccc1. The Morgan fingerprint density at radius 2 is 1.44 bits per heavy atom. The molecule has 0 aliphatic carbocycles. The third-order valence-corrected chi connectivity index (χ3v) is 0.743. The molecule has 0 saturated carbocycles. The van der Waals surface area contributed by atoms with E-state index in [9.17, 15) is 5.11 Å². The van der Waals surface area contributed by atoms with Crippen LogP contribution in [0.25, 0.3) is 0 Å². The Morgan fingerprint density at radius 1 is 1.00 bits per heavy atom. The fourth-order valence-corrected chi connectivity index (χ4v) is 0.420. The zero-order chi connectivity index (χ0) is 5.11. The molecule has 0 unspecified atom stereocenters. The van der Waals surface area contributed by atoms with Crippen molar-refractivity contribution in [2.75, 3.05) is 0 Å². The molecule has 1 aromatic rings. The molecule has 0 radical (unpaired) electrons. The molecule has 44 valence electrons. The van der Waals surface area contributed by atoms with Crippen LogP contribution in [0, 0.1) is 7.43 Å². The molecule has 9 heavy (non-hydrogen) atoms. The molecule has 0 bridgehead atoms. The van der Waals surface area contributed by atoms with Crippen LogP contribution in [0.15, 0.2) is 30.3 Å². The summed E-state index contributed by atoms with van der Waals surface area (Å²) in [5.74, 6) is 0.0718. The van der Waals surface area contributed by atoms with Crippen LogP contribution < -0.4 is 74.0 Å². The minimum absolute atomic E-state index is 0. The van der Waals surface area contributed by atoms with Crippen LogP contribution in [0.3, 0.4) is 0 Å². The van der Waals surface area contributed by atoms with E-state index in [2.05, 4.69) is 0 Å². The molecule has 1 nitrogen and oxygen atoms in total. The summed E-state index contributed by atoms with van der Waals surface area (Å²) in [6.45, 7) is 0. The third kappa shape index (κ3) is 5.51. The molecule has 1 aromatic carbocycles. The van der Waals surface area contributed by atoms with Crippen molar-refractivity contribution in [3.8, 4) is 5.75 Å². The Morgan fingerprint density at radius 3 is 1.67 bits per heavy atom. The standard InChI is InChI=1S/C6H6O.CH3.Cs/c7-6-4-2-1-3-5-6;;/h1-5,7H;1H3;/q;-1;+1/p-1. The van der Waals surface area contributed by atoms with Crippen molar-refractivity contribution in [2.45, 2.75) is 0 Å². The molecule has 0 aliphatic rings. The predicted molar refractivity (Wildman–Crippen MR) is 32.3 cm³/mol. The Kier molecular flexibility index (Phi) is 10.2. The third-order valence-electron chi connectivity index (χ3n) is 0.743. The van der Waals surface area contributed by atoms with E-state index >= 15 is 0 Å². The minimum atomic E-state index is 0. The average Bonchev–Trinajstić information content (AvgIpc) is 1.69. The molecular weight excluding hydrogens is 233 g/mol. The maximum atomic E-state index is 10.3. The molecule has 0 aromatic heterocycles. The summed E-state index contributed by atoms with van der Waals surface area (Å²) in [4.78, 5) is 0. The Hall–Kier alpha value is 1.07. The molecule has 0 heterocycles. The zero-order valence-electron chi connectivity index (χ0n) is 5.79. The summed E-state index contributed by atoms with van der Waals surface area (Å²) in [5, 5.41) is 10.3. The molecule has 0 saturated heterocycles. The van der Waals surface area contributed by atoms with Crippen molar-refractivity contribution in [1.82, 2.24) is 0 Å². The van der Waals surface area contributed by atoms with Crippen molar-refractivity contribution < 1.29 is 74.0 Å². The second-order valence-electron chi connectivity index (χ2n) is 1.31. The molecule has 0 N–H and O–H groups in total. The molecule has 1 rings (SSSR count). The molecule has 2 heteroatoms. The van der Waals surface area contributed by atoms with E-state index < -0.39 is 0 Å². The van der Waals surface area contributed by atoms with Crippen molar-refractivity contribution in [3.63, 3.8) is 0 Å². The van der Waals surface area contributed by atoms with Crippen LogP contribution in [0.1, 0.15) is 0 Å². The van der Waals surface area contributed by atoms with Gasteiger partial charge in [0.1, 0.15) is 0 Å². The largest absolute Gasteiger partial charge is 1.00 e. The van der Waals surface area contributed by atoms with Gasteiger partial charge in [0.2, 0.25) is 0 Å². The summed E-state index contributed by atoms with van der Waals surface area (Å²) in [7, 11) is 0. The first-order valence-corrected chi connectivity index (χ1v) is 2.11. The van der Waals surface area contributed by atoms with E-state index in [1.807, 2.05) is 6.07 Å². The van der Waals surface area contributed by atoms with Crippen LogP contribution in [0.5, 0.6) is 5.75 Å². The van der Waals surface area contributed by atoms with Crippen molar-refractivity contribution in [2.24, 2.45) is 0 Å². The zero-order valence-corrected chi connectivity index (χ0v) is 12.1. The van der Waals surface area contributed by atoms with Crippen molar-refractivity contribution in [3.05, 3.63) is 37.8 Å². The van der Waals surface area contributed by atoms with E-state index in [0.29, 0.717) is 0 Å². The first-order chi connectivity index (χ1) is 3.39. The molecule has 0 atom stereocenters. The predicted octanol–water partition coefficient (Wildman–Crippen LogP) is -1.79. The van der Waals surface area contributed by atoms with Crippen LogP contribution >= 0.6 is 0 Å². The Balaban J connectivity index is 0. The second-order valence-corrected chi connectivity index (χ2v) is 1.31. The maximum absolute atomic E-state index is 10.3. The first-order valence-electron chi connectivity index (χ1n) is 2.11. The summed E-state index contributed by atoms with van der Waals surface area (Å²) in [6.07, 6.45) is 0. The molecular formula is C7H8CsO-. The normalized spacial score (nSPS) is 6.67. The number of benzene rings is 1. The maximum Gasteiger partial charge on any atom is 1.00 e. The van der Waals surface area contributed by atoms with Gasteiger partial charge in [-0.2, -0.15) is 0 Å². The van der Waals surface area contributed by atoms with E-state index in [1.165, 1.54) is 12.1 Å². The van der Waals surface area contributed by atoms with Crippen LogP contribution in [-0.4, -0.2) is 0 Å². The van der Waals surface area contributed by atoms with E-state index in [0.717, 1.165) is 0 Å². The van der Waals surface area contributed by atoms with Crippen LogP contribution in [-0.2, 0) is 0 Å². The minimum Gasteiger partial charge on any atom is -0.872 e. The Bertz CT molecular complexity index is 139. The number of hydrogen-bond acceptors (Lipinski definition) is 1. The van der Waals surface area contributed by atoms with Gasteiger partial charge in [0.15, 0.2) is 0 Å². The van der Waals surface area contributed by atoms with Gasteiger partial charge in [-0.25, -0.2) is 0 Å². The molecule has 0 spiro atoms. The van der Waals surface area contributed by atoms with Crippen molar-refractivity contribution >= 4 is 0 Å². The van der Waals surface area contributed by atoms with Crippen LogP contribution in [0.4, 0.5) is 0 Å². The van der Waals surface area contributed by atoms with Gasteiger partial charge in [-0.1, -0.05) is 30.3 Å². The van der Waals surface area contributed by atoms with Gasteiger partial charge in [0.05, 0.1) is 0 Å². The van der Waals surface area contributed by atoms with Gasteiger partial charge in [-0.3, -0.25) is 0 Å². The van der Waals surface area contributed by atoms with Gasteiger partial charge >= 0.3 is 68.9 Å². The summed E-state index contributed by atoms with van der Waals surface area (Å²) in [5.41, 5.74) is 0. The van der Waals surface area contributed by atoms with E-state index in [4.69, 9.17) is 0 Å². The molecule has 0 amide bonds.